The van der Waals surface area contributed by atoms with Gasteiger partial charge in [-0.1, -0.05) is 23.7 Å². The van der Waals surface area contributed by atoms with Gasteiger partial charge in [0.05, 0.1) is 4.92 Å². The van der Waals surface area contributed by atoms with Crippen molar-refractivity contribution in [2.45, 2.75) is 13.0 Å². The van der Waals surface area contributed by atoms with Crippen LogP contribution in [0.3, 0.4) is 0 Å². The van der Waals surface area contributed by atoms with E-state index in [1.807, 2.05) is 6.92 Å². The highest BCUT2D eigenvalue weighted by Gasteiger charge is 2.09. The molecule has 104 valence electrons. The topological polar surface area (TPSA) is 55.2 Å². The second-order valence-electron chi connectivity index (χ2n) is 4.37. The Balaban J connectivity index is 2.14. The summed E-state index contributed by atoms with van der Waals surface area (Å²) in [4.78, 5) is 10.1. The second kappa shape index (κ2) is 5.88. The molecular weight excluding hydrogens is 283 g/mol. The van der Waals surface area contributed by atoms with Crippen LogP contribution in [0.25, 0.3) is 0 Å². The van der Waals surface area contributed by atoms with E-state index in [-0.39, 0.29) is 11.7 Å². The summed E-state index contributed by atoms with van der Waals surface area (Å²) in [5, 5.41) is 14.0. The second-order valence-corrected chi connectivity index (χ2v) is 4.81. The van der Waals surface area contributed by atoms with E-state index >= 15 is 0 Å². The molecule has 1 unspecified atom stereocenters. The Labute approximate surface area is 120 Å². The Kier molecular flexibility index (Phi) is 4.20. The zero-order chi connectivity index (χ0) is 14.7. The van der Waals surface area contributed by atoms with Gasteiger partial charge in [0, 0.05) is 28.9 Å². The van der Waals surface area contributed by atoms with Crippen molar-refractivity contribution in [3.8, 4) is 0 Å². The van der Waals surface area contributed by atoms with Crippen molar-refractivity contribution in [1.82, 2.24) is 0 Å². The lowest BCUT2D eigenvalue weighted by atomic mass is 10.1. The summed E-state index contributed by atoms with van der Waals surface area (Å²) in [7, 11) is 0. The lowest BCUT2D eigenvalue weighted by Gasteiger charge is -2.16. The minimum Gasteiger partial charge on any atom is -0.378 e. The molecule has 0 radical (unpaired) electrons. The molecule has 0 aliphatic heterocycles. The molecule has 1 atom stereocenters. The number of rotatable bonds is 4. The van der Waals surface area contributed by atoms with Crippen molar-refractivity contribution in [3.05, 3.63) is 69.0 Å². The highest BCUT2D eigenvalue weighted by atomic mass is 35.5. The van der Waals surface area contributed by atoms with Crippen LogP contribution in [0.4, 0.5) is 15.8 Å². The fraction of sp³-hybridized carbons (Fsp3) is 0.143. The maximum absolute atomic E-state index is 13.2. The van der Waals surface area contributed by atoms with Crippen molar-refractivity contribution in [1.29, 1.82) is 0 Å². The van der Waals surface area contributed by atoms with E-state index in [4.69, 9.17) is 11.6 Å². The van der Waals surface area contributed by atoms with E-state index in [0.29, 0.717) is 10.7 Å². The standard InChI is InChI=1S/C14H12ClFN2O2/c1-9(10-2-4-14(5-3-10)18(19)20)17-13-7-11(15)6-12(16)8-13/h2-9,17H,1H3. The van der Waals surface area contributed by atoms with Crippen LogP contribution in [0.15, 0.2) is 42.5 Å². The molecule has 0 aliphatic carbocycles. The Bertz CT molecular complexity index is 611. The lowest BCUT2D eigenvalue weighted by molar-refractivity contribution is -0.384. The fourth-order valence-electron chi connectivity index (χ4n) is 1.86. The van der Waals surface area contributed by atoms with E-state index in [0.717, 1.165) is 5.56 Å². The van der Waals surface area contributed by atoms with Crippen molar-refractivity contribution >= 4 is 23.0 Å². The summed E-state index contributed by atoms with van der Waals surface area (Å²) in [5.74, 6) is -0.420. The van der Waals surface area contributed by atoms with Gasteiger partial charge in [-0.15, -0.1) is 0 Å². The van der Waals surface area contributed by atoms with Gasteiger partial charge in [-0.05, 0) is 30.7 Å². The number of nitrogens with one attached hydrogen (secondary N) is 1. The summed E-state index contributed by atoms with van der Waals surface area (Å²) in [5.41, 5.74) is 1.45. The van der Waals surface area contributed by atoms with E-state index < -0.39 is 10.7 Å². The Morgan fingerprint density at radius 3 is 2.45 bits per heavy atom. The molecular formula is C14H12ClFN2O2. The van der Waals surface area contributed by atoms with Gasteiger partial charge < -0.3 is 5.32 Å². The molecule has 0 saturated heterocycles. The lowest BCUT2D eigenvalue weighted by Crippen LogP contribution is -2.06. The van der Waals surface area contributed by atoms with E-state index in [2.05, 4.69) is 5.32 Å². The quantitative estimate of drug-likeness (QED) is 0.664. The number of benzene rings is 2. The van der Waals surface area contributed by atoms with Gasteiger partial charge >= 0.3 is 0 Å². The molecule has 2 aromatic rings. The Hall–Kier alpha value is -2.14. The molecule has 0 heterocycles. The number of nitro groups is 1. The average molecular weight is 295 g/mol. The summed E-state index contributed by atoms with van der Waals surface area (Å²) in [6, 6.07) is 10.3. The van der Waals surface area contributed by atoms with Gasteiger partial charge in [0.15, 0.2) is 0 Å². The first-order chi connectivity index (χ1) is 9.45. The van der Waals surface area contributed by atoms with Crippen LogP contribution in [0.2, 0.25) is 5.02 Å². The van der Waals surface area contributed by atoms with Crippen LogP contribution in [0, 0.1) is 15.9 Å². The minimum absolute atomic E-state index is 0.0368. The van der Waals surface area contributed by atoms with Crippen molar-refractivity contribution in [3.63, 3.8) is 0 Å². The third-order valence-electron chi connectivity index (χ3n) is 2.85. The summed E-state index contributed by atoms with van der Waals surface area (Å²) in [6.07, 6.45) is 0. The summed E-state index contributed by atoms with van der Waals surface area (Å²) in [6.45, 7) is 1.87. The van der Waals surface area contributed by atoms with Gasteiger partial charge in [-0.3, -0.25) is 10.1 Å². The van der Waals surface area contributed by atoms with Gasteiger partial charge in [-0.2, -0.15) is 0 Å². The zero-order valence-corrected chi connectivity index (χ0v) is 11.4. The first kappa shape index (κ1) is 14.3. The van der Waals surface area contributed by atoms with Crippen LogP contribution in [0.5, 0.6) is 0 Å². The number of hydrogen-bond acceptors (Lipinski definition) is 3. The molecule has 0 bridgehead atoms. The molecule has 0 spiro atoms. The Morgan fingerprint density at radius 1 is 1.25 bits per heavy atom. The van der Waals surface area contributed by atoms with Gasteiger partial charge in [0.1, 0.15) is 5.82 Å². The normalized spacial score (nSPS) is 11.9. The number of nitro benzene ring substituents is 1. The van der Waals surface area contributed by atoms with E-state index in [1.165, 1.54) is 24.3 Å². The molecule has 6 heteroatoms. The predicted molar refractivity (Wildman–Crippen MR) is 76.5 cm³/mol. The minimum atomic E-state index is -0.450. The first-order valence-electron chi connectivity index (χ1n) is 5.92. The van der Waals surface area contributed by atoms with Gasteiger partial charge in [-0.25, -0.2) is 4.39 Å². The van der Waals surface area contributed by atoms with Gasteiger partial charge in [0.25, 0.3) is 5.69 Å². The van der Waals surface area contributed by atoms with Gasteiger partial charge in [0.2, 0.25) is 0 Å². The molecule has 0 fully saturated rings. The van der Waals surface area contributed by atoms with E-state index in [1.54, 1.807) is 18.2 Å². The van der Waals surface area contributed by atoms with Crippen LogP contribution in [0.1, 0.15) is 18.5 Å². The third kappa shape index (κ3) is 3.45. The average Bonchev–Trinajstić information content (AvgIpc) is 2.37. The van der Waals surface area contributed by atoms with Crippen molar-refractivity contribution in [2.24, 2.45) is 0 Å². The summed E-state index contributed by atoms with van der Waals surface area (Å²) < 4.78 is 13.2. The smallest absolute Gasteiger partial charge is 0.269 e. The van der Waals surface area contributed by atoms with Crippen LogP contribution < -0.4 is 5.32 Å². The number of nitrogens with zero attached hydrogens (tertiary/aromatic N) is 1. The fourth-order valence-corrected chi connectivity index (χ4v) is 2.08. The molecule has 2 aromatic carbocycles. The molecule has 20 heavy (non-hydrogen) atoms. The number of non-ortho nitro benzene ring substituents is 1. The molecule has 4 nitrogen and oxygen atoms in total. The molecule has 0 aliphatic rings. The summed E-state index contributed by atoms with van der Waals surface area (Å²) >= 11 is 5.78. The third-order valence-corrected chi connectivity index (χ3v) is 3.07. The number of hydrogen-bond donors (Lipinski definition) is 1. The van der Waals surface area contributed by atoms with Crippen molar-refractivity contribution in [2.75, 3.05) is 5.32 Å². The van der Waals surface area contributed by atoms with Crippen LogP contribution in [-0.4, -0.2) is 4.92 Å². The highest BCUT2D eigenvalue weighted by Crippen LogP contribution is 2.24. The first-order valence-corrected chi connectivity index (χ1v) is 6.30. The molecule has 0 saturated carbocycles. The van der Waals surface area contributed by atoms with Crippen LogP contribution in [-0.2, 0) is 0 Å². The molecule has 1 N–H and O–H groups in total. The Morgan fingerprint density at radius 2 is 1.90 bits per heavy atom. The number of halogens is 2. The largest absolute Gasteiger partial charge is 0.378 e. The predicted octanol–water partition coefficient (Wildman–Crippen LogP) is 4.56. The zero-order valence-electron chi connectivity index (χ0n) is 10.6. The molecule has 2 rings (SSSR count). The maximum Gasteiger partial charge on any atom is 0.269 e. The van der Waals surface area contributed by atoms with E-state index in [9.17, 15) is 14.5 Å². The maximum atomic E-state index is 13.2. The number of anilines is 1. The van der Waals surface area contributed by atoms with Crippen LogP contribution >= 0.6 is 11.6 Å². The SMILES string of the molecule is CC(Nc1cc(F)cc(Cl)c1)c1ccc([N+](=O)[O-])cc1. The molecule has 0 aromatic heterocycles. The highest BCUT2D eigenvalue weighted by molar-refractivity contribution is 6.30. The van der Waals surface area contributed by atoms with Crippen molar-refractivity contribution < 1.29 is 9.31 Å². The molecule has 0 amide bonds. The monoisotopic (exact) mass is 294 g/mol.